The summed E-state index contributed by atoms with van der Waals surface area (Å²) in [6.45, 7) is 4.29. The van der Waals surface area contributed by atoms with Crippen LogP contribution >= 0.6 is 0 Å². The molecule has 5 amide bonds. The number of nitrogens with one attached hydrogen (secondary N) is 3. The minimum absolute atomic E-state index is 0.131. The van der Waals surface area contributed by atoms with E-state index in [1.165, 1.54) is 12.8 Å². The molecule has 1 heterocycles. The first-order valence-corrected chi connectivity index (χ1v) is 15.1. The molecule has 2 aliphatic carbocycles. The van der Waals surface area contributed by atoms with Gasteiger partial charge < -0.3 is 35.6 Å². The maximum atomic E-state index is 13.7. The first-order chi connectivity index (χ1) is 19.3. The second-order valence-corrected chi connectivity index (χ2v) is 11.9. The molecule has 222 valence electrons. The molecule has 10 nitrogen and oxygen atoms in total. The van der Waals surface area contributed by atoms with E-state index < -0.39 is 12.1 Å². The summed E-state index contributed by atoms with van der Waals surface area (Å²) in [4.78, 5) is 43.0. The molecule has 10 heteroatoms. The highest BCUT2D eigenvalue weighted by atomic mass is 16.5. The molecular formula is C30H47N5O5. The Morgan fingerprint density at radius 3 is 2.30 bits per heavy atom. The minimum Gasteiger partial charge on any atom is -0.485 e. The molecule has 4 N–H and O–H groups in total. The Morgan fingerprint density at radius 2 is 1.68 bits per heavy atom. The molecule has 1 aliphatic heterocycles. The van der Waals surface area contributed by atoms with Crippen molar-refractivity contribution in [2.45, 2.75) is 102 Å². The summed E-state index contributed by atoms with van der Waals surface area (Å²) in [5.74, 6) is -0.124. The number of para-hydroxylation sites is 1. The van der Waals surface area contributed by atoms with E-state index in [1.54, 1.807) is 35.0 Å². The molecule has 2 fully saturated rings. The Hall–Kier alpha value is -3.01. The zero-order valence-electron chi connectivity index (χ0n) is 24.3. The Balaban J connectivity index is 1.56. The zero-order chi connectivity index (χ0) is 28.6. The predicted octanol–water partition coefficient (Wildman–Crippen LogP) is 4.34. The van der Waals surface area contributed by atoms with Crippen LogP contribution in [0, 0.1) is 5.92 Å². The molecule has 4 rings (SSSR count). The van der Waals surface area contributed by atoms with Crippen molar-refractivity contribution in [1.29, 1.82) is 0 Å². The zero-order valence-corrected chi connectivity index (χ0v) is 24.3. The third-order valence-corrected chi connectivity index (χ3v) is 8.61. The second kappa shape index (κ2) is 14.1. The number of aliphatic hydroxyl groups excluding tert-OH is 1. The van der Waals surface area contributed by atoms with Gasteiger partial charge in [-0.3, -0.25) is 4.79 Å². The maximum absolute atomic E-state index is 13.7. The summed E-state index contributed by atoms with van der Waals surface area (Å²) in [7, 11) is 1.76. The molecule has 3 aliphatic rings. The summed E-state index contributed by atoms with van der Waals surface area (Å²) in [5, 5.41) is 19.1. The fraction of sp³-hybridized carbons (Fsp3) is 0.700. The van der Waals surface area contributed by atoms with Gasteiger partial charge in [-0.2, -0.15) is 0 Å². The van der Waals surface area contributed by atoms with E-state index in [-0.39, 0.29) is 42.6 Å². The van der Waals surface area contributed by atoms with Crippen molar-refractivity contribution in [2.24, 2.45) is 5.92 Å². The topological polar surface area (TPSA) is 123 Å². The first kappa shape index (κ1) is 30.0. The van der Waals surface area contributed by atoms with Crippen LogP contribution in [-0.2, 0) is 0 Å². The highest BCUT2D eigenvalue weighted by Gasteiger charge is 2.35. The molecule has 0 unspecified atom stereocenters. The number of anilines is 1. The van der Waals surface area contributed by atoms with Crippen molar-refractivity contribution < 1.29 is 24.2 Å². The molecule has 1 aromatic carbocycles. The van der Waals surface area contributed by atoms with Crippen LogP contribution in [0.3, 0.4) is 0 Å². The molecule has 0 aromatic heterocycles. The van der Waals surface area contributed by atoms with Gasteiger partial charge in [0.15, 0.2) is 5.75 Å². The van der Waals surface area contributed by atoms with Crippen LogP contribution in [-0.4, -0.2) is 83.8 Å². The lowest BCUT2D eigenvalue weighted by atomic mass is 9.95. The van der Waals surface area contributed by atoms with Crippen LogP contribution in [0.1, 0.15) is 88.4 Å². The Labute approximate surface area is 238 Å². The summed E-state index contributed by atoms with van der Waals surface area (Å²) < 4.78 is 6.54. The van der Waals surface area contributed by atoms with Crippen molar-refractivity contribution in [2.75, 3.05) is 32.1 Å². The lowest BCUT2D eigenvalue weighted by Crippen LogP contribution is -2.52. The smallest absolute Gasteiger partial charge is 0.319 e. The molecule has 1 aromatic rings. The number of carbonyl (C=O) groups excluding carboxylic acids is 3. The van der Waals surface area contributed by atoms with Crippen molar-refractivity contribution in [3.8, 4) is 5.75 Å². The standard InChI is InChI=1S/C30H47N5O5/c1-20-17-35(21(2)19-36)28(37)24-15-10-16-25(33-29(38)31-22-11-6-4-7-12-22)27(24)40-26(20)18-34(3)30(39)32-23-13-8-5-9-14-23/h10,15-16,20-23,26,36H,4-9,11-14,17-19H2,1-3H3,(H,32,39)(H2,31,33,38)/t20-,21+,26-/m0/s1. The fourth-order valence-electron chi connectivity index (χ4n) is 6.03. The van der Waals surface area contributed by atoms with Gasteiger partial charge in [0, 0.05) is 31.6 Å². The van der Waals surface area contributed by atoms with Crippen LogP contribution in [0.2, 0.25) is 0 Å². The highest BCUT2D eigenvalue weighted by Crippen LogP contribution is 2.35. The maximum Gasteiger partial charge on any atom is 0.319 e. The highest BCUT2D eigenvalue weighted by molar-refractivity contribution is 6.01. The van der Waals surface area contributed by atoms with E-state index in [1.807, 2.05) is 13.8 Å². The molecule has 0 saturated heterocycles. The Bertz CT molecular complexity index is 1020. The van der Waals surface area contributed by atoms with E-state index in [2.05, 4.69) is 16.0 Å². The average molecular weight is 558 g/mol. The number of amides is 5. The van der Waals surface area contributed by atoms with Crippen LogP contribution in [0.5, 0.6) is 5.75 Å². The quantitative estimate of drug-likeness (QED) is 0.397. The average Bonchev–Trinajstić information content (AvgIpc) is 2.95. The van der Waals surface area contributed by atoms with E-state index >= 15 is 0 Å². The van der Waals surface area contributed by atoms with Crippen LogP contribution in [0.25, 0.3) is 0 Å². The second-order valence-electron chi connectivity index (χ2n) is 11.9. The Kier molecular flexibility index (Phi) is 10.5. The predicted molar refractivity (Wildman–Crippen MR) is 155 cm³/mol. The third-order valence-electron chi connectivity index (χ3n) is 8.61. The van der Waals surface area contributed by atoms with E-state index in [0.29, 0.717) is 30.1 Å². The summed E-state index contributed by atoms with van der Waals surface area (Å²) in [6.07, 6.45) is 10.3. The molecule has 40 heavy (non-hydrogen) atoms. The van der Waals surface area contributed by atoms with E-state index in [9.17, 15) is 19.5 Å². The summed E-state index contributed by atoms with van der Waals surface area (Å²) in [5.41, 5.74) is 0.728. The monoisotopic (exact) mass is 557 g/mol. The summed E-state index contributed by atoms with van der Waals surface area (Å²) in [6, 6.07) is 4.60. The number of hydrogen-bond donors (Lipinski definition) is 4. The number of carbonyl (C=O) groups is 3. The lowest BCUT2D eigenvalue weighted by Gasteiger charge is -2.38. The number of rotatable bonds is 7. The minimum atomic E-state index is -0.452. The van der Waals surface area contributed by atoms with Crippen molar-refractivity contribution in [3.63, 3.8) is 0 Å². The first-order valence-electron chi connectivity index (χ1n) is 15.1. The number of ether oxygens (including phenoxy) is 1. The number of nitrogens with zero attached hydrogens (tertiary/aromatic N) is 2. The normalized spacial score (nSPS) is 23.2. The third kappa shape index (κ3) is 7.59. The van der Waals surface area contributed by atoms with Crippen LogP contribution in [0.15, 0.2) is 18.2 Å². The number of benzene rings is 1. The number of aliphatic hydroxyl groups is 1. The summed E-state index contributed by atoms with van der Waals surface area (Å²) >= 11 is 0. The number of fused-ring (bicyclic) bond motifs is 1. The number of urea groups is 2. The van der Waals surface area contributed by atoms with Gasteiger partial charge in [-0.1, -0.05) is 51.5 Å². The largest absolute Gasteiger partial charge is 0.485 e. The van der Waals surface area contributed by atoms with Gasteiger partial charge in [-0.15, -0.1) is 0 Å². The van der Waals surface area contributed by atoms with Crippen molar-refractivity contribution in [3.05, 3.63) is 23.8 Å². The molecule has 0 radical (unpaired) electrons. The lowest BCUT2D eigenvalue weighted by molar-refractivity contribution is 0.0368. The van der Waals surface area contributed by atoms with E-state index in [0.717, 1.165) is 51.4 Å². The van der Waals surface area contributed by atoms with E-state index in [4.69, 9.17) is 4.74 Å². The molecule has 0 bridgehead atoms. The van der Waals surface area contributed by atoms with Crippen LogP contribution in [0.4, 0.5) is 15.3 Å². The van der Waals surface area contributed by atoms with Gasteiger partial charge in [0.05, 0.1) is 30.4 Å². The number of likely N-dealkylation sites (N-methyl/N-ethyl adjacent to an activating group) is 1. The molecule has 3 atom stereocenters. The Morgan fingerprint density at radius 1 is 1.05 bits per heavy atom. The van der Waals surface area contributed by atoms with Gasteiger partial charge in [-0.05, 0) is 44.7 Å². The van der Waals surface area contributed by atoms with Gasteiger partial charge in [0.1, 0.15) is 6.10 Å². The SMILES string of the molecule is C[C@H](CO)N1C[C@H](C)[C@H](CN(C)C(=O)NC2CCCCC2)Oc2c(NC(=O)NC3CCCCC3)cccc2C1=O. The van der Waals surface area contributed by atoms with Crippen molar-refractivity contribution in [1.82, 2.24) is 20.4 Å². The van der Waals surface area contributed by atoms with Gasteiger partial charge in [0.25, 0.3) is 5.91 Å². The molecule has 2 saturated carbocycles. The molecular weight excluding hydrogens is 510 g/mol. The van der Waals surface area contributed by atoms with Crippen LogP contribution < -0.4 is 20.7 Å². The van der Waals surface area contributed by atoms with Crippen molar-refractivity contribution >= 4 is 23.7 Å². The van der Waals surface area contributed by atoms with Gasteiger partial charge >= 0.3 is 12.1 Å². The molecule has 0 spiro atoms. The number of hydrogen-bond acceptors (Lipinski definition) is 5. The van der Waals surface area contributed by atoms with Gasteiger partial charge in [-0.25, -0.2) is 9.59 Å². The fourth-order valence-corrected chi connectivity index (χ4v) is 6.03. The van der Waals surface area contributed by atoms with Gasteiger partial charge in [0.2, 0.25) is 0 Å².